The Bertz CT molecular complexity index is 974. The first kappa shape index (κ1) is 49.1. The molecule has 0 bridgehead atoms. The van der Waals surface area contributed by atoms with Crippen molar-refractivity contribution in [3.63, 3.8) is 0 Å². The summed E-state index contributed by atoms with van der Waals surface area (Å²) < 4.78 is 47.3. The van der Waals surface area contributed by atoms with Gasteiger partial charge in [0, 0.05) is 0 Å². The Morgan fingerprint density at radius 2 is 1.12 bits per heavy atom. The van der Waals surface area contributed by atoms with Crippen LogP contribution in [0.5, 0.6) is 0 Å². The maximum atomic E-state index is 13.0. The van der Waals surface area contributed by atoms with E-state index in [-0.39, 0.29) is 6.42 Å². The molecule has 14 heteroatoms. The van der Waals surface area contributed by atoms with Gasteiger partial charge in [-0.2, -0.15) is 8.42 Å². The van der Waals surface area contributed by atoms with Crippen molar-refractivity contribution >= 4 is 16.3 Å². The zero-order valence-corrected chi connectivity index (χ0v) is 33.1. The van der Waals surface area contributed by atoms with Crippen LogP contribution in [0, 0.1) is 0 Å². The Morgan fingerprint density at radius 1 is 0.692 bits per heavy atom. The van der Waals surface area contributed by atoms with Gasteiger partial charge in [-0.25, -0.2) is 4.18 Å². The van der Waals surface area contributed by atoms with Crippen LogP contribution in [0.15, 0.2) is 0 Å². The maximum absolute atomic E-state index is 13.0. The molecule has 0 radical (unpaired) electrons. The third-order valence-electron chi connectivity index (χ3n) is 10.0. The average molecular weight is 770 g/mol. The molecule has 8 unspecified atom stereocenters. The van der Waals surface area contributed by atoms with Gasteiger partial charge in [-0.05, 0) is 12.8 Å². The summed E-state index contributed by atoms with van der Waals surface area (Å²) in [4.78, 5) is 13.0. The van der Waals surface area contributed by atoms with Crippen molar-refractivity contribution in [2.75, 3.05) is 13.2 Å². The molecular weight excluding hydrogens is 694 g/mol. The number of hydrogen-bond acceptors (Lipinski definition) is 11. The smallest absolute Gasteiger partial charge is 0.394 e. The Balaban J connectivity index is 2.64. The molecule has 310 valence electrons. The second-order valence-corrected chi connectivity index (χ2v) is 15.8. The summed E-state index contributed by atoms with van der Waals surface area (Å²) in [5.74, 6) is -0.670. The average Bonchev–Trinajstić information content (AvgIpc) is 3.11. The van der Waals surface area contributed by atoms with Crippen molar-refractivity contribution in [3.05, 3.63) is 0 Å². The van der Waals surface area contributed by atoms with Gasteiger partial charge in [0.15, 0.2) is 6.29 Å². The summed E-state index contributed by atoms with van der Waals surface area (Å²) in [5, 5.41) is 55.0. The Hall–Kier alpha value is -0.940. The number of carbonyl (C=O) groups is 1. The number of rotatable bonds is 34. The molecule has 1 aliphatic rings. The molecule has 52 heavy (non-hydrogen) atoms. The van der Waals surface area contributed by atoms with Crippen LogP contribution in [0.3, 0.4) is 0 Å². The highest BCUT2D eigenvalue weighted by atomic mass is 32.3. The SMILES string of the molecule is CCCCCCCCCCCCCCC(O)C(=O)NC(COC1OC(CO)C(O)C(OS(=O)(=O)O)C1O)C(O)CCCCCCCCCCCCC. The molecule has 1 amide bonds. The number of nitrogens with one attached hydrogen (secondary N) is 1. The first-order valence-corrected chi connectivity index (χ1v) is 21.9. The molecule has 7 N–H and O–H groups in total. The molecule has 8 atom stereocenters. The van der Waals surface area contributed by atoms with Crippen molar-refractivity contribution in [3.8, 4) is 0 Å². The Kier molecular flexibility index (Phi) is 28.6. The van der Waals surface area contributed by atoms with Crippen LogP contribution in [-0.2, 0) is 28.9 Å². The standard InChI is InChI=1S/C38H75NO12S/c1-3-5-7-9-11-13-15-17-19-21-23-25-27-32(42)37(45)39-30(31(41)26-24-22-20-18-16-14-12-10-8-6-4-2)29-49-38-35(44)36(51-52(46,47)48)34(43)33(28-40)50-38/h30-36,38,40-44H,3-29H2,1-2H3,(H,39,45)(H,46,47,48). The van der Waals surface area contributed by atoms with Crippen LogP contribution >= 0.6 is 0 Å². The largest absolute Gasteiger partial charge is 0.397 e. The van der Waals surface area contributed by atoms with Gasteiger partial charge >= 0.3 is 10.4 Å². The molecule has 1 heterocycles. The minimum absolute atomic E-state index is 0.265. The zero-order valence-electron chi connectivity index (χ0n) is 32.3. The van der Waals surface area contributed by atoms with Crippen molar-refractivity contribution in [2.45, 2.75) is 223 Å². The highest BCUT2D eigenvalue weighted by molar-refractivity contribution is 7.80. The Labute approximate surface area is 314 Å². The molecule has 1 rings (SSSR count). The number of unbranched alkanes of at least 4 members (excludes halogenated alkanes) is 21. The first-order valence-electron chi connectivity index (χ1n) is 20.5. The number of aliphatic hydroxyl groups is 5. The fourth-order valence-electron chi connectivity index (χ4n) is 6.70. The monoisotopic (exact) mass is 770 g/mol. The zero-order chi connectivity index (χ0) is 38.6. The molecule has 1 aliphatic heterocycles. The van der Waals surface area contributed by atoms with Gasteiger partial charge in [-0.3, -0.25) is 9.35 Å². The number of ether oxygens (including phenoxy) is 2. The highest BCUT2D eigenvalue weighted by Gasteiger charge is 2.48. The fourth-order valence-corrected chi connectivity index (χ4v) is 7.21. The molecule has 0 aromatic heterocycles. The number of carbonyl (C=O) groups excluding carboxylic acids is 1. The summed E-state index contributed by atoms with van der Waals surface area (Å²) in [6.07, 6.45) is 15.9. The lowest BCUT2D eigenvalue weighted by Gasteiger charge is -2.41. The van der Waals surface area contributed by atoms with Crippen LogP contribution in [-0.4, -0.2) is 107 Å². The van der Waals surface area contributed by atoms with Gasteiger partial charge in [-0.15, -0.1) is 0 Å². The van der Waals surface area contributed by atoms with Gasteiger partial charge in [0.05, 0.1) is 25.4 Å². The number of amides is 1. The third kappa shape index (κ3) is 23.1. The highest BCUT2D eigenvalue weighted by Crippen LogP contribution is 2.26. The lowest BCUT2D eigenvalue weighted by atomic mass is 9.99. The van der Waals surface area contributed by atoms with Crippen molar-refractivity contribution in [1.82, 2.24) is 5.32 Å². The summed E-state index contributed by atoms with van der Waals surface area (Å²) in [6, 6.07) is -1.02. The molecule has 0 aromatic rings. The topological polar surface area (TPSA) is 212 Å². The molecule has 0 spiro atoms. The normalized spacial score (nSPS) is 22.7. The number of hydrogen-bond donors (Lipinski definition) is 7. The van der Waals surface area contributed by atoms with E-state index < -0.39 is 78.5 Å². The van der Waals surface area contributed by atoms with Gasteiger partial charge in [0.2, 0.25) is 5.91 Å². The van der Waals surface area contributed by atoms with E-state index in [2.05, 4.69) is 23.3 Å². The first-order chi connectivity index (χ1) is 24.9. The minimum atomic E-state index is -5.10. The van der Waals surface area contributed by atoms with Crippen LogP contribution in [0.25, 0.3) is 0 Å². The van der Waals surface area contributed by atoms with Crippen LogP contribution in [0.1, 0.15) is 174 Å². The molecule has 0 saturated carbocycles. The summed E-state index contributed by atoms with van der Waals surface area (Å²) >= 11 is 0. The van der Waals surface area contributed by atoms with E-state index in [9.17, 15) is 38.7 Å². The van der Waals surface area contributed by atoms with Gasteiger partial charge in [-0.1, -0.05) is 162 Å². The van der Waals surface area contributed by atoms with E-state index in [4.69, 9.17) is 14.0 Å². The maximum Gasteiger partial charge on any atom is 0.397 e. The molecule has 1 saturated heterocycles. The van der Waals surface area contributed by atoms with E-state index >= 15 is 0 Å². The predicted molar refractivity (Wildman–Crippen MR) is 201 cm³/mol. The second kappa shape index (κ2) is 30.3. The third-order valence-corrected chi connectivity index (χ3v) is 10.5. The fraction of sp³-hybridized carbons (Fsp3) is 0.974. The quantitative estimate of drug-likeness (QED) is 0.0314. The van der Waals surface area contributed by atoms with Gasteiger partial charge in [0.1, 0.15) is 30.5 Å². The molecule has 1 fully saturated rings. The Morgan fingerprint density at radius 3 is 1.54 bits per heavy atom. The van der Waals surface area contributed by atoms with Crippen molar-refractivity contribution < 1.29 is 57.0 Å². The van der Waals surface area contributed by atoms with E-state index in [0.717, 1.165) is 38.5 Å². The summed E-state index contributed by atoms with van der Waals surface area (Å²) in [6.45, 7) is 3.23. The van der Waals surface area contributed by atoms with E-state index in [1.165, 1.54) is 96.3 Å². The molecule has 13 nitrogen and oxygen atoms in total. The van der Waals surface area contributed by atoms with E-state index in [1.54, 1.807) is 0 Å². The predicted octanol–water partition coefficient (Wildman–Crippen LogP) is 5.63. The lowest BCUT2D eigenvalue weighted by Crippen LogP contribution is -2.61. The summed E-state index contributed by atoms with van der Waals surface area (Å²) in [5.41, 5.74) is 0. The van der Waals surface area contributed by atoms with Crippen molar-refractivity contribution in [1.29, 1.82) is 0 Å². The van der Waals surface area contributed by atoms with Crippen LogP contribution in [0.2, 0.25) is 0 Å². The second-order valence-electron chi connectivity index (χ2n) is 14.7. The number of aliphatic hydroxyl groups excluding tert-OH is 5. The van der Waals surface area contributed by atoms with Crippen molar-refractivity contribution in [2.24, 2.45) is 0 Å². The van der Waals surface area contributed by atoms with Crippen LogP contribution < -0.4 is 5.32 Å². The van der Waals surface area contributed by atoms with Crippen LogP contribution in [0.4, 0.5) is 0 Å². The minimum Gasteiger partial charge on any atom is -0.394 e. The molecule has 0 aromatic carbocycles. The molecular formula is C38H75NO12S. The van der Waals surface area contributed by atoms with E-state index in [0.29, 0.717) is 19.3 Å². The van der Waals surface area contributed by atoms with Gasteiger partial charge < -0.3 is 40.3 Å². The summed E-state index contributed by atoms with van der Waals surface area (Å²) in [7, 11) is -5.10. The van der Waals surface area contributed by atoms with Gasteiger partial charge in [0.25, 0.3) is 0 Å². The molecule has 0 aliphatic carbocycles. The van der Waals surface area contributed by atoms with E-state index in [1.807, 2.05) is 0 Å². The lowest BCUT2D eigenvalue weighted by molar-refractivity contribution is -0.298.